The Labute approximate surface area is 236 Å². The van der Waals surface area contributed by atoms with E-state index in [1.54, 1.807) is 0 Å². The first kappa shape index (κ1) is 24.9. The summed E-state index contributed by atoms with van der Waals surface area (Å²) in [6.45, 7) is 13.7. The fourth-order valence-corrected chi connectivity index (χ4v) is 6.58. The molecule has 8 aromatic rings. The van der Waals surface area contributed by atoms with Crippen molar-refractivity contribution in [3.63, 3.8) is 0 Å². The quantitative estimate of drug-likeness (QED) is 0.176. The molecular weight excluding hydrogens is 480 g/mol. The van der Waals surface area contributed by atoms with Gasteiger partial charge >= 0.3 is 0 Å². The summed E-state index contributed by atoms with van der Waals surface area (Å²) in [5.41, 5.74) is 3.19. The summed E-state index contributed by atoms with van der Waals surface area (Å²) >= 11 is 0. The van der Waals surface area contributed by atoms with Crippen LogP contribution in [-0.2, 0) is 10.8 Å². The van der Waals surface area contributed by atoms with Crippen molar-refractivity contribution in [1.82, 2.24) is 0 Å². The zero-order valence-corrected chi connectivity index (χ0v) is 24.4. The third-order valence-electron chi connectivity index (χ3n) is 8.67. The molecule has 40 heavy (non-hydrogen) atoms. The van der Waals surface area contributed by atoms with E-state index in [0.29, 0.717) is 0 Å². The van der Waals surface area contributed by atoms with Gasteiger partial charge in [0.15, 0.2) is 0 Å². The average Bonchev–Trinajstić information content (AvgIpc) is 2.94. The fraction of sp³-hybridized carbons (Fsp3) is 0.200. The Balaban J connectivity index is 0.000000132. The molecule has 196 valence electrons. The highest BCUT2D eigenvalue weighted by Gasteiger charge is 2.19. The van der Waals surface area contributed by atoms with Gasteiger partial charge in [0.25, 0.3) is 0 Å². The molecule has 0 aliphatic heterocycles. The van der Waals surface area contributed by atoms with Crippen LogP contribution in [0.5, 0.6) is 0 Å². The van der Waals surface area contributed by atoms with Crippen molar-refractivity contribution in [3.8, 4) is 0 Å². The third-order valence-corrected chi connectivity index (χ3v) is 8.67. The lowest BCUT2D eigenvalue weighted by atomic mass is 9.81. The molecule has 0 nitrogen and oxygen atoms in total. The predicted octanol–water partition coefficient (Wildman–Crippen LogP) is 11.8. The Morgan fingerprint density at radius 1 is 0.350 bits per heavy atom. The van der Waals surface area contributed by atoms with Crippen molar-refractivity contribution in [3.05, 3.63) is 120 Å². The van der Waals surface area contributed by atoms with Gasteiger partial charge in [0.2, 0.25) is 0 Å². The maximum absolute atomic E-state index is 2.36. The topological polar surface area (TPSA) is 0 Å². The molecule has 8 rings (SSSR count). The fourth-order valence-electron chi connectivity index (χ4n) is 6.58. The van der Waals surface area contributed by atoms with Gasteiger partial charge in [-0.25, -0.2) is 0 Å². The molecule has 0 spiro atoms. The highest BCUT2D eigenvalue weighted by Crippen LogP contribution is 2.40. The molecule has 0 unspecified atom stereocenters. The van der Waals surface area contributed by atoms with Crippen LogP contribution in [0, 0.1) is 0 Å². The summed E-state index contributed by atoms with van der Waals surface area (Å²) in [6, 6.07) is 40.5. The first-order valence-electron chi connectivity index (χ1n) is 14.4. The van der Waals surface area contributed by atoms with Gasteiger partial charge in [-0.15, -0.1) is 0 Å². The summed E-state index contributed by atoms with van der Waals surface area (Å²) in [4.78, 5) is 0. The van der Waals surface area contributed by atoms with E-state index in [0.717, 1.165) is 0 Å². The molecule has 0 radical (unpaired) electrons. The summed E-state index contributed by atoms with van der Waals surface area (Å²) < 4.78 is 0. The third kappa shape index (κ3) is 3.89. The Kier molecular flexibility index (Phi) is 5.39. The van der Waals surface area contributed by atoms with Crippen molar-refractivity contribution >= 4 is 64.6 Å². The van der Waals surface area contributed by atoms with Gasteiger partial charge in [-0.3, -0.25) is 0 Å². The number of rotatable bonds is 0. The number of benzene rings is 8. The van der Waals surface area contributed by atoms with Crippen LogP contribution in [0.15, 0.2) is 109 Å². The maximum atomic E-state index is 2.36. The normalized spacial score (nSPS) is 12.8. The summed E-state index contributed by atoms with van der Waals surface area (Å²) in [6.07, 6.45) is 0. The lowest BCUT2D eigenvalue weighted by Gasteiger charge is -2.23. The molecule has 0 atom stereocenters. The van der Waals surface area contributed by atoms with E-state index >= 15 is 0 Å². The second-order valence-corrected chi connectivity index (χ2v) is 13.5. The van der Waals surface area contributed by atoms with E-state index in [9.17, 15) is 0 Å². The molecule has 0 saturated heterocycles. The second-order valence-electron chi connectivity index (χ2n) is 13.5. The summed E-state index contributed by atoms with van der Waals surface area (Å²) in [7, 11) is 0. The van der Waals surface area contributed by atoms with E-state index in [1.165, 1.54) is 75.8 Å². The van der Waals surface area contributed by atoms with Crippen LogP contribution in [0.1, 0.15) is 52.7 Å². The monoisotopic (exact) mass is 516 g/mol. The van der Waals surface area contributed by atoms with E-state index in [2.05, 4.69) is 151 Å². The summed E-state index contributed by atoms with van der Waals surface area (Å²) in [5.74, 6) is 0. The minimum Gasteiger partial charge on any atom is -0.0610 e. The molecule has 0 heteroatoms. The molecule has 0 aliphatic rings. The molecule has 0 amide bonds. The van der Waals surface area contributed by atoms with Crippen LogP contribution in [0.3, 0.4) is 0 Å². The molecule has 0 fully saturated rings. The van der Waals surface area contributed by atoms with E-state index in [-0.39, 0.29) is 10.8 Å². The second kappa shape index (κ2) is 8.67. The highest BCUT2D eigenvalue weighted by molar-refractivity contribution is 6.24. The van der Waals surface area contributed by atoms with Crippen LogP contribution >= 0.6 is 0 Å². The van der Waals surface area contributed by atoms with Crippen LogP contribution in [0.4, 0.5) is 0 Å². The molecule has 0 aromatic heterocycles. The standard InChI is InChI=1S/2C20H18/c1-20(2,3)17-11-15-9-7-13-5-4-6-14-8-10-16(12-17)19(15)18(13)14;1-20(2,3)17-12-10-15-8-7-13-5-4-6-14-9-11-16(17)19(15)18(13)14/h2*4-12H,1-3H3. The predicted molar refractivity (Wildman–Crippen MR) is 178 cm³/mol. The SMILES string of the molecule is CC(C)(C)c1cc2ccc3cccc4ccc(c1)c2c34.CC(C)(C)c1ccc2ccc3cccc4ccc1c2c34. The minimum atomic E-state index is 0.169. The Bertz CT molecular complexity index is 2080. The lowest BCUT2D eigenvalue weighted by Crippen LogP contribution is -2.11. The molecule has 0 saturated carbocycles. The van der Waals surface area contributed by atoms with Gasteiger partial charge in [0.1, 0.15) is 0 Å². The van der Waals surface area contributed by atoms with Crippen molar-refractivity contribution in [1.29, 1.82) is 0 Å². The van der Waals surface area contributed by atoms with Gasteiger partial charge in [0, 0.05) is 0 Å². The average molecular weight is 517 g/mol. The molecule has 0 heterocycles. The number of hydrogen-bond acceptors (Lipinski definition) is 0. The molecule has 0 N–H and O–H groups in total. The first-order valence-corrected chi connectivity index (χ1v) is 14.4. The van der Waals surface area contributed by atoms with Crippen LogP contribution < -0.4 is 0 Å². The lowest BCUT2D eigenvalue weighted by molar-refractivity contribution is 0.591. The van der Waals surface area contributed by atoms with Gasteiger partial charge in [-0.2, -0.15) is 0 Å². The smallest absolute Gasteiger partial charge is 0.00238 e. The van der Waals surface area contributed by atoms with Gasteiger partial charge in [-0.1, -0.05) is 151 Å². The molecule has 0 aliphatic carbocycles. The van der Waals surface area contributed by atoms with Crippen molar-refractivity contribution in [2.45, 2.75) is 52.4 Å². The summed E-state index contributed by atoms with van der Waals surface area (Å²) in [5, 5.41) is 16.5. The van der Waals surface area contributed by atoms with Crippen LogP contribution in [-0.4, -0.2) is 0 Å². The zero-order valence-electron chi connectivity index (χ0n) is 24.4. The van der Waals surface area contributed by atoms with Crippen LogP contribution in [0.2, 0.25) is 0 Å². The van der Waals surface area contributed by atoms with E-state index in [1.807, 2.05) is 0 Å². The van der Waals surface area contributed by atoms with Gasteiger partial charge in [-0.05, 0) is 86.6 Å². The van der Waals surface area contributed by atoms with Crippen LogP contribution in [0.25, 0.3) is 64.6 Å². The molecule has 8 aromatic carbocycles. The zero-order chi connectivity index (χ0) is 27.8. The van der Waals surface area contributed by atoms with E-state index < -0.39 is 0 Å². The first-order chi connectivity index (χ1) is 19.1. The Morgan fingerprint density at radius 3 is 1.20 bits per heavy atom. The largest absolute Gasteiger partial charge is 0.0610 e. The van der Waals surface area contributed by atoms with Crippen molar-refractivity contribution in [2.24, 2.45) is 0 Å². The minimum absolute atomic E-state index is 0.169. The van der Waals surface area contributed by atoms with Gasteiger partial charge in [0.05, 0.1) is 0 Å². The van der Waals surface area contributed by atoms with Gasteiger partial charge < -0.3 is 0 Å². The Morgan fingerprint density at radius 2 is 0.725 bits per heavy atom. The maximum Gasteiger partial charge on any atom is -0.00238 e. The molecule has 0 bridgehead atoms. The van der Waals surface area contributed by atoms with Crippen molar-refractivity contribution < 1.29 is 0 Å². The van der Waals surface area contributed by atoms with E-state index in [4.69, 9.17) is 0 Å². The highest BCUT2D eigenvalue weighted by atomic mass is 14.2. The number of hydrogen-bond donors (Lipinski definition) is 0. The Hall–Kier alpha value is -4.16. The molecular formula is C40H36. The van der Waals surface area contributed by atoms with Crippen molar-refractivity contribution in [2.75, 3.05) is 0 Å².